The molecule has 27 heavy (non-hydrogen) atoms. The zero-order chi connectivity index (χ0) is 19.8. The molecule has 2 heterocycles. The fraction of sp³-hybridized carbons (Fsp3) is 0.294. The maximum Gasteiger partial charge on any atom is 0.312 e. The second kappa shape index (κ2) is 6.95. The summed E-state index contributed by atoms with van der Waals surface area (Å²) in [4.78, 5) is 25.0. The summed E-state index contributed by atoms with van der Waals surface area (Å²) in [5, 5.41) is 16.4. The quantitative estimate of drug-likeness (QED) is 0.567. The smallest absolute Gasteiger partial charge is 0.303 e. The van der Waals surface area contributed by atoms with E-state index < -0.39 is 26.7 Å². The summed E-state index contributed by atoms with van der Waals surface area (Å²) in [5.41, 5.74) is 0.913. The molecule has 9 nitrogen and oxygen atoms in total. The van der Waals surface area contributed by atoms with Gasteiger partial charge >= 0.3 is 5.69 Å². The molecule has 0 spiro atoms. The summed E-state index contributed by atoms with van der Waals surface area (Å²) < 4.78 is 24.9. The number of aromatic nitrogens is 2. The van der Waals surface area contributed by atoms with Crippen LogP contribution in [0, 0.1) is 24.0 Å². The lowest BCUT2D eigenvalue weighted by Gasteiger charge is -2.27. The number of nitro groups is 1. The molecule has 0 unspecified atom stereocenters. The minimum atomic E-state index is -3.36. The molecule has 0 bridgehead atoms. The number of nitrogens with zero attached hydrogens (tertiary/aromatic N) is 4. The van der Waals surface area contributed by atoms with Gasteiger partial charge in [-0.1, -0.05) is 18.2 Å². The number of para-hydroxylation sites is 1. The van der Waals surface area contributed by atoms with E-state index in [0.717, 1.165) is 5.41 Å². The largest absolute Gasteiger partial charge is 0.312 e. The molecule has 2 aromatic rings. The lowest BCUT2D eigenvalue weighted by molar-refractivity contribution is -0.386. The monoisotopic (exact) mass is 390 g/mol. The Morgan fingerprint density at radius 3 is 2.52 bits per heavy atom. The Labute approximate surface area is 156 Å². The van der Waals surface area contributed by atoms with Gasteiger partial charge in [-0.05, 0) is 32.1 Å². The van der Waals surface area contributed by atoms with Crippen LogP contribution in [0.3, 0.4) is 0 Å². The van der Waals surface area contributed by atoms with Crippen molar-refractivity contribution in [2.75, 3.05) is 10.7 Å². The summed E-state index contributed by atoms with van der Waals surface area (Å²) in [6.07, 6.45) is 1.48. The first kappa shape index (κ1) is 18.8. The number of carbonyl (C=O) groups excluding carboxylic acids is 1. The van der Waals surface area contributed by atoms with Crippen LogP contribution in [0.4, 0.5) is 11.4 Å². The van der Waals surface area contributed by atoms with Crippen molar-refractivity contribution in [3.05, 3.63) is 63.3 Å². The van der Waals surface area contributed by atoms with Crippen LogP contribution in [-0.4, -0.2) is 40.8 Å². The second-order valence-corrected chi connectivity index (χ2v) is 8.19. The minimum Gasteiger partial charge on any atom is -0.303 e. The summed E-state index contributed by atoms with van der Waals surface area (Å²) in [7, 11) is -3.36. The van der Waals surface area contributed by atoms with Crippen LogP contribution in [0.2, 0.25) is 0 Å². The Morgan fingerprint density at radius 1 is 1.33 bits per heavy atom. The summed E-state index contributed by atoms with van der Waals surface area (Å²) in [6, 6.07) is 8.06. The van der Waals surface area contributed by atoms with Gasteiger partial charge in [-0.2, -0.15) is 5.10 Å². The Kier molecular flexibility index (Phi) is 4.83. The van der Waals surface area contributed by atoms with E-state index in [1.807, 2.05) is 0 Å². The van der Waals surface area contributed by atoms with Crippen LogP contribution in [-0.2, 0) is 21.2 Å². The number of aryl methyl sites for hydroxylation is 1. The molecule has 1 aromatic carbocycles. The van der Waals surface area contributed by atoms with Crippen molar-refractivity contribution in [2.24, 2.45) is 0 Å². The molecule has 0 fully saturated rings. The van der Waals surface area contributed by atoms with E-state index >= 15 is 0 Å². The van der Waals surface area contributed by atoms with Crippen LogP contribution in [0.15, 0.2) is 41.8 Å². The molecule has 1 atom stereocenters. The van der Waals surface area contributed by atoms with E-state index in [4.69, 9.17) is 0 Å². The fourth-order valence-corrected chi connectivity index (χ4v) is 4.41. The van der Waals surface area contributed by atoms with Crippen molar-refractivity contribution in [1.29, 1.82) is 0 Å². The van der Waals surface area contributed by atoms with Gasteiger partial charge in [-0.25, -0.2) is 8.42 Å². The van der Waals surface area contributed by atoms with Crippen molar-refractivity contribution in [2.45, 2.75) is 26.4 Å². The highest BCUT2D eigenvalue weighted by molar-refractivity contribution is 7.94. The van der Waals surface area contributed by atoms with E-state index in [1.165, 1.54) is 29.5 Å². The average Bonchev–Trinajstić information content (AvgIpc) is 3.07. The topological polar surface area (TPSA) is 115 Å². The number of sulfone groups is 1. The van der Waals surface area contributed by atoms with Gasteiger partial charge in [-0.15, -0.1) is 0 Å². The standard InChI is InChI=1S/C17H18N4O5S/c1-12-17(21(23)24)13(2)19(18-12)10-16(22)20(14-6-4-3-5-7-14)15-8-9-27(25,26)11-15/h3-9,15H,10-11H2,1-2H3/t15-/m1/s1. The first-order valence-corrected chi connectivity index (χ1v) is 9.87. The first-order chi connectivity index (χ1) is 12.7. The number of rotatable bonds is 5. The van der Waals surface area contributed by atoms with Gasteiger partial charge in [0.05, 0.1) is 16.7 Å². The summed E-state index contributed by atoms with van der Waals surface area (Å²) >= 11 is 0. The molecule has 0 aliphatic carbocycles. The van der Waals surface area contributed by atoms with Gasteiger partial charge in [0.1, 0.15) is 17.9 Å². The predicted molar refractivity (Wildman–Crippen MR) is 99.0 cm³/mol. The molecule has 0 saturated carbocycles. The molecule has 1 aromatic heterocycles. The van der Waals surface area contributed by atoms with Gasteiger partial charge < -0.3 is 4.90 Å². The highest BCUT2D eigenvalue weighted by Crippen LogP contribution is 2.25. The van der Waals surface area contributed by atoms with Gasteiger partial charge in [0.25, 0.3) is 0 Å². The van der Waals surface area contributed by atoms with Gasteiger partial charge in [-0.3, -0.25) is 19.6 Å². The third-order valence-electron chi connectivity index (χ3n) is 4.36. The number of hydrogen-bond acceptors (Lipinski definition) is 6. The van der Waals surface area contributed by atoms with Crippen molar-refractivity contribution in [3.8, 4) is 0 Å². The van der Waals surface area contributed by atoms with Crippen molar-refractivity contribution >= 4 is 27.1 Å². The second-order valence-electron chi connectivity index (χ2n) is 6.26. The van der Waals surface area contributed by atoms with E-state index in [9.17, 15) is 23.3 Å². The summed E-state index contributed by atoms with van der Waals surface area (Å²) in [6.45, 7) is 2.80. The number of anilines is 1. The lowest BCUT2D eigenvalue weighted by Crippen LogP contribution is -2.43. The maximum atomic E-state index is 13.0. The normalized spacial score (nSPS) is 17.8. The predicted octanol–water partition coefficient (Wildman–Crippen LogP) is 1.75. The van der Waals surface area contributed by atoms with Crippen molar-refractivity contribution < 1.29 is 18.1 Å². The number of benzene rings is 1. The molecule has 10 heteroatoms. The van der Waals surface area contributed by atoms with E-state index in [-0.39, 0.29) is 29.4 Å². The highest BCUT2D eigenvalue weighted by atomic mass is 32.2. The van der Waals surface area contributed by atoms with E-state index in [0.29, 0.717) is 5.69 Å². The lowest BCUT2D eigenvalue weighted by atomic mass is 10.2. The third kappa shape index (κ3) is 3.75. The van der Waals surface area contributed by atoms with Crippen LogP contribution in [0.5, 0.6) is 0 Å². The fourth-order valence-electron chi connectivity index (χ4n) is 3.14. The first-order valence-electron chi connectivity index (χ1n) is 8.16. The van der Waals surface area contributed by atoms with Crippen LogP contribution in [0.1, 0.15) is 11.4 Å². The number of hydrogen-bond donors (Lipinski definition) is 0. The molecule has 1 aliphatic rings. The molecule has 0 saturated heterocycles. The number of carbonyl (C=O) groups is 1. The van der Waals surface area contributed by atoms with E-state index in [1.54, 1.807) is 30.3 Å². The van der Waals surface area contributed by atoms with Gasteiger partial charge in [0, 0.05) is 11.1 Å². The molecule has 0 N–H and O–H groups in total. The van der Waals surface area contributed by atoms with Gasteiger partial charge in [0.2, 0.25) is 5.91 Å². The molecule has 142 valence electrons. The zero-order valence-electron chi connectivity index (χ0n) is 14.8. The Balaban J connectivity index is 1.94. The maximum absolute atomic E-state index is 13.0. The Morgan fingerprint density at radius 2 is 2.00 bits per heavy atom. The molecule has 0 radical (unpaired) electrons. The zero-order valence-corrected chi connectivity index (χ0v) is 15.6. The minimum absolute atomic E-state index is 0.127. The molecular weight excluding hydrogens is 372 g/mol. The molecule has 3 rings (SSSR count). The van der Waals surface area contributed by atoms with Crippen molar-refractivity contribution in [1.82, 2.24) is 9.78 Å². The molecule has 1 aliphatic heterocycles. The van der Waals surface area contributed by atoms with Crippen LogP contribution < -0.4 is 4.90 Å². The summed E-state index contributed by atoms with van der Waals surface area (Å²) in [5.74, 6) is -0.612. The number of amides is 1. The van der Waals surface area contributed by atoms with Crippen LogP contribution in [0.25, 0.3) is 0 Å². The highest BCUT2D eigenvalue weighted by Gasteiger charge is 2.32. The molecule has 1 amide bonds. The molecular formula is C17H18N4O5S. The van der Waals surface area contributed by atoms with Gasteiger partial charge in [0.15, 0.2) is 9.84 Å². The Bertz CT molecular complexity index is 1030. The average molecular weight is 390 g/mol. The van der Waals surface area contributed by atoms with E-state index in [2.05, 4.69) is 5.10 Å². The Hall–Kier alpha value is -3.01. The SMILES string of the molecule is Cc1nn(CC(=O)N(c2ccccc2)[C@@H]2C=CS(=O)(=O)C2)c(C)c1[N+](=O)[O-]. The van der Waals surface area contributed by atoms with Crippen molar-refractivity contribution in [3.63, 3.8) is 0 Å². The third-order valence-corrected chi connectivity index (χ3v) is 5.73. The van der Waals surface area contributed by atoms with Crippen LogP contribution >= 0.6 is 0 Å².